The van der Waals surface area contributed by atoms with Gasteiger partial charge in [-0.15, -0.1) is 5.92 Å². The summed E-state index contributed by atoms with van der Waals surface area (Å²) in [7, 11) is 0. The van der Waals surface area contributed by atoms with E-state index in [9.17, 15) is 0 Å². The number of hydrogen-bond acceptors (Lipinski definition) is 1. The van der Waals surface area contributed by atoms with E-state index in [1.165, 1.54) is 32.4 Å². The van der Waals surface area contributed by atoms with E-state index in [0.717, 1.165) is 12.3 Å². The van der Waals surface area contributed by atoms with Crippen LogP contribution in [0.2, 0.25) is 0 Å². The molecule has 1 saturated heterocycles. The summed E-state index contributed by atoms with van der Waals surface area (Å²) in [5.41, 5.74) is 0.165. The molecule has 1 fully saturated rings. The molecule has 0 amide bonds. The van der Waals surface area contributed by atoms with Gasteiger partial charge in [0.2, 0.25) is 0 Å². The van der Waals surface area contributed by atoms with E-state index in [-0.39, 0.29) is 5.41 Å². The molecule has 0 radical (unpaired) electrons. The average molecular weight is 193 g/mol. The Bertz CT molecular complexity index is 206. The van der Waals surface area contributed by atoms with Crippen molar-refractivity contribution in [3.8, 4) is 11.8 Å². The molecular weight excluding hydrogens is 170 g/mol. The van der Waals surface area contributed by atoms with Crippen molar-refractivity contribution in [1.82, 2.24) is 5.32 Å². The average Bonchev–Trinajstić information content (AvgIpc) is 2.30. The van der Waals surface area contributed by atoms with Gasteiger partial charge in [0.25, 0.3) is 0 Å². The van der Waals surface area contributed by atoms with E-state index in [1.54, 1.807) is 0 Å². The molecule has 1 unspecified atom stereocenters. The van der Waals surface area contributed by atoms with Crippen molar-refractivity contribution in [3.63, 3.8) is 0 Å². The van der Waals surface area contributed by atoms with Crippen molar-refractivity contribution >= 4 is 0 Å². The Labute approximate surface area is 88.7 Å². The van der Waals surface area contributed by atoms with Gasteiger partial charge in [-0.05, 0) is 52.6 Å². The molecule has 1 heteroatoms. The molecular formula is C13H23N. The van der Waals surface area contributed by atoms with E-state index < -0.39 is 0 Å². The van der Waals surface area contributed by atoms with Crippen LogP contribution in [0.25, 0.3) is 0 Å². The molecule has 1 rings (SSSR count). The summed E-state index contributed by atoms with van der Waals surface area (Å²) >= 11 is 0. The van der Waals surface area contributed by atoms with Gasteiger partial charge >= 0.3 is 0 Å². The highest BCUT2D eigenvalue weighted by atomic mass is 14.9. The Kier molecular flexibility index (Phi) is 4.48. The lowest BCUT2D eigenvalue weighted by Gasteiger charge is -2.11. The fourth-order valence-corrected chi connectivity index (χ4v) is 1.73. The molecule has 1 aliphatic rings. The molecule has 0 aromatic carbocycles. The van der Waals surface area contributed by atoms with Gasteiger partial charge in [0, 0.05) is 11.8 Å². The van der Waals surface area contributed by atoms with Crippen LogP contribution in [0.5, 0.6) is 0 Å². The van der Waals surface area contributed by atoms with Crippen LogP contribution in [0.15, 0.2) is 0 Å². The minimum Gasteiger partial charge on any atom is -0.316 e. The highest BCUT2D eigenvalue weighted by Gasteiger charge is 2.10. The summed E-state index contributed by atoms with van der Waals surface area (Å²) in [5.74, 6) is 7.43. The summed E-state index contributed by atoms with van der Waals surface area (Å²) in [4.78, 5) is 0. The van der Waals surface area contributed by atoms with Crippen LogP contribution in [0.3, 0.4) is 0 Å². The summed E-state index contributed by atoms with van der Waals surface area (Å²) in [5, 5.41) is 3.48. The monoisotopic (exact) mass is 193 g/mol. The lowest BCUT2D eigenvalue weighted by Crippen LogP contribution is -2.20. The van der Waals surface area contributed by atoms with Gasteiger partial charge in [-0.3, -0.25) is 0 Å². The molecule has 1 nitrogen and oxygen atoms in total. The van der Waals surface area contributed by atoms with Crippen LogP contribution in [0.4, 0.5) is 0 Å². The normalized spacial score (nSPS) is 23.5. The topological polar surface area (TPSA) is 12.0 Å². The second-order valence-electron chi connectivity index (χ2n) is 5.32. The fraction of sp³-hybridized carbons (Fsp3) is 0.846. The smallest absolute Gasteiger partial charge is 0.0230 e. The number of hydrogen-bond donors (Lipinski definition) is 1. The highest BCUT2D eigenvalue weighted by Crippen LogP contribution is 2.15. The quantitative estimate of drug-likeness (QED) is 0.631. The molecule has 0 aromatic rings. The van der Waals surface area contributed by atoms with Crippen molar-refractivity contribution in [2.45, 2.75) is 46.5 Å². The Hall–Kier alpha value is -0.480. The van der Waals surface area contributed by atoms with Gasteiger partial charge in [0.1, 0.15) is 0 Å². The number of nitrogens with one attached hydrogen (secondary N) is 1. The fourth-order valence-electron chi connectivity index (χ4n) is 1.73. The Morgan fingerprint density at radius 2 is 2.07 bits per heavy atom. The molecule has 1 heterocycles. The minimum atomic E-state index is 0.165. The molecule has 80 valence electrons. The molecule has 14 heavy (non-hydrogen) atoms. The summed E-state index contributed by atoms with van der Waals surface area (Å²) in [6, 6.07) is 0. The van der Waals surface area contributed by atoms with Crippen molar-refractivity contribution in [2.24, 2.45) is 11.3 Å². The van der Waals surface area contributed by atoms with E-state index in [1.807, 2.05) is 0 Å². The standard InChI is InChI=1S/C13H23N/c1-13(2,3)9-6-8-12-7-4-5-10-14-11-12/h12,14H,4-5,7-8,10-11H2,1-3H3. The number of rotatable bonds is 1. The van der Waals surface area contributed by atoms with Gasteiger partial charge in [0.15, 0.2) is 0 Å². The first-order valence-electron chi connectivity index (χ1n) is 5.79. The zero-order valence-corrected chi connectivity index (χ0v) is 9.82. The molecule has 1 aliphatic heterocycles. The van der Waals surface area contributed by atoms with Gasteiger partial charge in [-0.2, -0.15) is 0 Å². The van der Waals surface area contributed by atoms with Crippen LogP contribution >= 0.6 is 0 Å². The van der Waals surface area contributed by atoms with Crippen molar-refractivity contribution in [2.75, 3.05) is 13.1 Å². The molecule has 0 aliphatic carbocycles. The molecule has 0 saturated carbocycles. The van der Waals surface area contributed by atoms with E-state index in [4.69, 9.17) is 0 Å². The van der Waals surface area contributed by atoms with E-state index >= 15 is 0 Å². The highest BCUT2D eigenvalue weighted by molar-refractivity contribution is 5.07. The van der Waals surface area contributed by atoms with Gasteiger partial charge < -0.3 is 5.32 Å². The Morgan fingerprint density at radius 1 is 1.29 bits per heavy atom. The first-order chi connectivity index (χ1) is 6.58. The summed E-state index contributed by atoms with van der Waals surface area (Å²) in [6.07, 6.45) is 5.13. The molecule has 0 aromatic heterocycles. The predicted molar refractivity (Wildman–Crippen MR) is 62.1 cm³/mol. The molecule has 1 N–H and O–H groups in total. The first-order valence-corrected chi connectivity index (χ1v) is 5.79. The molecule has 0 bridgehead atoms. The molecule has 0 spiro atoms. The van der Waals surface area contributed by atoms with Crippen molar-refractivity contribution in [3.05, 3.63) is 0 Å². The zero-order chi connectivity index (χ0) is 10.4. The Balaban J connectivity index is 2.31. The SMILES string of the molecule is CC(C)(C)C#CCC1CCCCNC1. The van der Waals surface area contributed by atoms with Gasteiger partial charge in [-0.25, -0.2) is 0 Å². The maximum atomic E-state index is 3.48. The van der Waals surface area contributed by atoms with Crippen LogP contribution < -0.4 is 5.32 Å². The third-order valence-corrected chi connectivity index (χ3v) is 2.50. The van der Waals surface area contributed by atoms with E-state index in [0.29, 0.717) is 0 Å². The van der Waals surface area contributed by atoms with Crippen LogP contribution in [-0.2, 0) is 0 Å². The van der Waals surface area contributed by atoms with Crippen LogP contribution in [0.1, 0.15) is 46.5 Å². The third-order valence-electron chi connectivity index (χ3n) is 2.50. The summed E-state index contributed by atoms with van der Waals surface area (Å²) < 4.78 is 0. The maximum Gasteiger partial charge on any atom is 0.0230 e. The largest absolute Gasteiger partial charge is 0.316 e. The minimum absolute atomic E-state index is 0.165. The second-order valence-corrected chi connectivity index (χ2v) is 5.32. The van der Waals surface area contributed by atoms with E-state index in [2.05, 4.69) is 37.9 Å². The van der Waals surface area contributed by atoms with Gasteiger partial charge in [0.05, 0.1) is 0 Å². The van der Waals surface area contributed by atoms with Gasteiger partial charge in [-0.1, -0.05) is 12.3 Å². The summed E-state index contributed by atoms with van der Waals surface area (Å²) in [6.45, 7) is 8.88. The maximum absolute atomic E-state index is 3.48. The molecule has 1 atom stereocenters. The van der Waals surface area contributed by atoms with Crippen LogP contribution in [-0.4, -0.2) is 13.1 Å². The lowest BCUT2D eigenvalue weighted by atomic mass is 9.95. The predicted octanol–water partition coefficient (Wildman–Crippen LogP) is 2.82. The lowest BCUT2D eigenvalue weighted by molar-refractivity contribution is 0.490. The Morgan fingerprint density at radius 3 is 2.79 bits per heavy atom. The third kappa shape index (κ3) is 5.29. The van der Waals surface area contributed by atoms with Crippen molar-refractivity contribution < 1.29 is 0 Å². The second kappa shape index (κ2) is 5.41. The first kappa shape index (κ1) is 11.6. The van der Waals surface area contributed by atoms with Crippen LogP contribution in [0, 0.1) is 23.2 Å². The van der Waals surface area contributed by atoms with Crippen molar-refractivity contribution in [1.29, 1.82) is 0 Å². The zero-order valence-electron chi connectivity index (χ0n) is 9.82.